The SMILES string of the molecule is COc1ccnc(N2CCC(C(=O)NCCSc3ccccc3)CC2)n1. The Morgan fingerprint density at radius 2 is 2.04 bits per heavy atom. The maximum Gasteiger partial charge on any atom is 0.228 e. The fourth-order valence-corrected chi connectivity index (χ4v) is 3.73. The number of thioether (sulfide) groups is 1. The monoisotopic (exact) mass is 372 g/mol. The minimum atomic E-state index is 0.0681. The standard InChI is InChI=1S/C19H24N4O2S/c1-25-17-7-10-21-19(22-17)23-12-8-15(9-13-23)18(24)20-11-14-26-16-5-3-2-4-6-16/h2-7,10,15H,8-9,11-14H2,1H3,(H,20,24). The maximum atomic E-state index is 12.4. The molecule has 0 spiro atoms. The number of methoxy groups -OCH3 is 1. The van der Waals surface area contributed by atoms with Gasteiger partial charge < -0.3 is 15.0 Å². The van der Waals surface area contributed by atoms with Crippen LogP contribution in [0.15, 0.2) is 47.5 Å². The first kappa shape index (κ1) is 18.5. The molecule has 2 heterocycles. The number of benzene rings is 1. The Morgan fingerprint density at radius 1 is 1.27 bits per heavy atom. The van der Waals surface area contributed by atoms with Crippen LogP contribution >= 0.6 is 11.8 Å². The van der Waals surface area contributed by atoms with Crippen LogP contribution in [0.1, 0.15) is 12.8 Å². The van der Waals surface area contributed by atoms with Gasteiger partial charge in [0.2, 0.25) is 17.7 Å². The number of hydrogen-bond acceptors (Lipinski definition) is 6. The van der Waals surface area contributed by atoms with E-state index in [0.29, 0.717) is 18.4 Å². The van der Waals surface area contributed by atoms with Crippen molar-refractivity contribution in [3.8, 4) is 5.88 Å². The van der Waals surface area contributed by atoms with Crippen LogP contribution in [0.5, 0.6) is 5.88 Å². The smallest absolute Gasteiger partial charge is 0.228 e. The number of anilines is 1. The van der Waals surface area contributed by atoms with Gasteiger partial charge in [0.05, 0.1) is 7.11 Å². The van der Waals surface area contributed by atoms with Gasteiger partial charge in [-0.15, -0.1) is 11.8 Å². The molecule has 0 radical (unpaired) electrons. The van der Waals surface area contributed by atoms with Crippen LogP contribution in [-0.4, -0.2) is 48.4 Å². The Bertz CT molecular complexity index is 706. The van der Waals surface area contributed by atoms with E-state index < -0.39 is 0 Å². The summed E-state index contributed by atoms with van der Waals surface area (Å²) in [5.41, 5.74) is 0. The van der Waals surface area contributed by atoms with E-state index in [1.807, 2.05) is 18.2 Å². The minimum absolute atomic E-state index is 0.0681. The molecule has 1 aromatic heterocycles. The van der Waals surface area contributed by atoms with Gasteiger partial charge in [0, 0.05) is 48.5 Å². The van der Waals surface area contributed by atoms with Crippen LogP contribution in [0.3, 0.4) is 0 Å². The van der Waals surface area contributed by atoms with Gasteiger partial charge in [0.15, 0.2) is 0 Å². The van der Waals surface area contributed by atoms with E-state index in [1.165, 1.54) is 4.90 Å². The molecule has 1 aromatic carbocycles. The number of hydrogen-bond donors (Lipinski definition) is 1. The first-order valence-electron chi connectivity index (χ1n) is 8.84. The third-order valence-corrected chi connectivity index (χ3v) is 5.40. The van der Waals surface area contributed by atoms with Crippen molar-refractivity contribution in [2.24, 2.45) is 5.92 Å². The third-order valence-electron chi connectivity index (χ3n) is 4.39. The average molecular weight is 372 g/mol. The molecule has 1 aliphatic heterocycles. The lowest BCUT2D eigenvalue weighted by Gasteiger charge is -2.31. The number of nitrogens with zero attached hydrogens (tertiary/aromatic N) is 3. The lowest BCUT2D eigenvalue weighted by atomic mass is 9.96. The first-order chi connectivity index (χ1) is 12.8. The number of aromatic nitrogens is 2. The number of piperidine rings is 1. The summed E-state index contributed by atoms with van der Waals surface area (Å²) in [7, 11) is 1.60. The molecule has 1 amide bonds. The van der Waals surface area contributed by atoms with E-state index in [9.17, 15) is 4.79 Å². The molecular weight excluding hydrogens is 348 g/mol. The van der Waals surface area contributed by atoms with Gasteiger partial charge in [-0.1, -0.05) is 18.2 Å². The van der Waals surface area contributed by atoms with E-state index in [4.69, 9.17) is 4.74 Å². The lowest BCUT2D eigenvalue weighted by molar-refractivity contribution is -0.125. The predicted octanol–water partition coefficient (Wildman–Crippen LogP) is 2.61. The highest BCUT2D eigenvalue weighted by Gasteiger charge is 2.26. The van der Waals surface area contributed by atoms with Crippen molar-refractivity contribution in [1.29, 1.82) is 0 Å². The third kappa shape index (κ3) is 5.11. The minimum Gasteiger partial charge on any atom is -0.481 e. The van der Waals surface area contributed by atoms with Crippen molar-refractivity contribution in [2.75, 3.05) is 37.4 Å². The summed E-state index contributed by atoms with van der Waals surface area (Å²) in [6.45, 7) is 2.26. The normalized spacial score (nSPS) is 14.9. The Kier molecular flexibility index (Phi) is 6.71. The Morgan fingerprint density at radius 3 is 2.77 bits per heavy atom. The molecule has 1 saturated heterocycles. The molecule has 0 aliphatic carbocycles. The number of carbonyl (C=O) groups excluding carboxylic acids is 1. The van der Waals surface area contributed by atoms with Crippen LogP contribution in [0.25, 0.3) is 0 Å². The van der Waals surface area contributed by atoms with Crippen LogP contribution in [0.2, 0.25) is 0 Å². The quantitative estimate of drug-likeness (QED) is 0.595. The molecule has 1 aliphatic rings. The number of nitrogens with one attached hydrogen (secondary N) is 1. The van der Waals surface area contributed by atoms with Crippen LogP contribution in [-0.2, 0) is 4.79 Å². The largest absolute Gasteiger partial charge is 0.481 e. The molecule has 0 bridgehead atoms. The van der Waals surface area contributed by atoms with Gasteiger partial charge in [0.1, 0.15) is 0 Å². The molecule has 0 unspecified atom stereocenters. The number of carbonyl (C=O) groups is 1. The second-order valence-electron chi connectivity index (χ2n) is 6.11. The van der Waals surface area contributed by atoms with Gasteiger partial charge in [-0.25, -0.2) is 4.98 Å². The Balaban J connectivity index is 1.39. The van der Waals surface area contributed by atoms with Crippen molar-refractivity contribution in [3.63, 3.8) is 0 Å². The van der Waals surface area contributed by atoms with Crippen molar-refractivity contribution in [3.05, 3.63) is 42.6 Å². The van der Waals surface area contributed by atoms with Crippen molar-refractivity contribution in [1.82, 2.24) is 15.3 Å². The molecule has 1 N–H and O–H groups in total. The first-order valence-corrected chi connectivity index (χ1v) is 9.82. The zero-order valence-electron chi connectivity index (χ0n) is 14.9. The van der Waals surface area contributed by atoms with Crippen LogP contribution < -0.4 is 15.0 Å². The molecule has 138 valence electrons. The average Bonchev–Trinajstić information content (AvgIpc) is 2.72. The van der Waals surface area contributed by atoms with E-state index in [-0.39, 0.29) is 11.8 Å². The van der Waals surface area contributed by atoms with Crippen LogP contribution in [0, 0.1) is 5.92 Å². The van der Waals surface area contributed by atoms with E-state index >= 15 is 0 Å². The van der Waals surface area contributed by atoms with Gasteiger partial charge in [-0.2, -0.15) is 4.98 Å². The summed E-state index contributed by atoms with van der Waals surface area (Å²) in [5, 5.41) is 3.07. The number of amides is 1. The van der Waals surface area contributed by atoms with Gasteiger partial charge >= 0.3 is 0 Å². The highest BCUT2D eigenvalue weighted by molar-refractivity contribution is 7.99. The zero-order chi connectivity index (χ0) is 18.2. The maximum absolute atomic E-state index is 12.4. The summed E-state index contributed by atoms with van der Waals surface area (Å²) < 4.78 is 5.15. The second-order valence-corrected chi connectivity index (χ2v) is 7.28. The van der Waals surface area contributed by atoms with Crippen molar-refractivity contribution >= 4 is 23.6 Å². The Labute approximate surface area is 158 Å². The number of ether oxygens (including phenoxy) is 1. The highest BCUT2D eigenvalue weighted by atomic mass is 32.2. The highest BCUT2D eigenvalue weighted by Crippen LogP contribution is 2.22. The topological polar surface area (TPSA) is 67.3 Å². The van der Waals surface area contributed by atoms with E-state index in [1.54, 1.807) is 31.1 Å². The molecule has 26 heavy (non-hydrogen) atoms. The molecule has 0 atom stereocenters. The van der Waals surface area contributed by atoms with Crippen molar-refractivity contribution in [2.45, 2.75) is 17.7 Å². The van der Waals surface area contributed by atoms with Gasteiger partial charge in [-0.3, -0.25) is 4.79 Å². The summed E-state index contributed by atoms with van der Waals surface area (Å²) in [6, 6.07) is 12.0. The van der Waals surface area contributed by atoms with Crippen LogP contribution in [0.4, 0.5) is 5.95 Å². The zero-order valence-corrected chi connectivity index (χ0v) is 15.7. The van der Waals surface area contributed by atoms with Gasteiger partial charge in [-0.05, 0) is 25.0 Å². The molecule has 7 heteroatoms. The van der Waals surface area contributed by atoms with E-state index in [2.05, 4.69) is 32.3 Å². The molecule has 0 saturated carbocycles. The summed E-state index contributed by atoms with van der Waals surface area (Å²) in [5.74, 6) is 2.34. The second kappa shape index (κ2) is 9.43. The fourth-order valence-electron chi connectivity index (χ4n) is 2.94. The Hall–Kier alpha value is -2.28. The van der Waals surface area contributed by atoms with Crippen molar-refractivity contribution < 1.29 is 9.53 Å². The summed E-state index contributed by atoms with van der Waals surface area (Å²) in [4.78, 5) is 24.4. The summed E-state index contributed by atoms with van der Waals surface area (Å²) >= 11 is 1.76. The fraction of sp³-hybridized carbons (Fsp3) is 0.421. The molecule has 1 fully saturated rings. The summed E-state index contributed by atoms with van der Waals surface area (Å²) in [6.07, 6.45) is 3.33. The number of rotatable bonds is 7. The molecule has 6 nitrogen and oxygen atoms in total. The van der Waals surface area contributed by atoms with E-state index in [0.717, 1.165) is 31.7 Å². The predicted molar refractivity (Wildman–Crippen MR) is 104 cm³/mol. The lowest BCUT2D eigenvalue weighted by Crippen LogP contribution is -2.41. The molecule has 3 rings (SSSR count). The molecule has 2 aromatic rings. The van der Waals surface area contributed by atoms with Gasteiger partial charge in [0.25, 0.3) is 0 Å². The molecular formula is C19H24N4O2S.